The number of benzene rings is 1. The first-order chi connectivity index (χ1) is 12.3. The Hall–Kier alpha value is -1.90. The van der Waals surface area contributed by atoms with Crippen LogP contribution in [0.2, 0.25) is 0 Å². The van der Waals surface area contributed by atoms with Gasteiger partial charge >= 0.3 is 0 Å². The summed E-state index contributed by atoms with van der Waals surface area (Å²) in [5.41, 5.74) is 4.12. The van der Waals surface area contributed by atoms with E-state index in [1.54, 1.807) is 11.1 Å². The molecule has 7 aliphatic rings. The molecule has 3 saturated carbocycles. The van der Waals surface area contributed by atoms with E-state index in [4.69, 9.17) is 0 Å². The smallest absolute Gasteiger partial charge is 0.238 e. The lowest BCUT2D eigenvalue weighted by Crippen LogP contribution is -2.38. The molecule has 8 unspecified atom stereocenters. The van der Waals surface area contributed by atoms with E-state index >= 15 is 0 Å². The summed E-state index contributed by atoms with van der Waals surface area (Å²) < 4.78 is 0. The maximum Gasteiger partial charge on any atom is 0.238 e. The third kappa shape index (κ3) is 1.36. The summed E-state index contributed by atoms with van der Waals surface area (Å²) in [5, 5.41) is 0. The van der Waals surface area contributed by atoms with Crippen LogP contribution in [-0.4, -0.2) is 11.8 Å². The fourth-order valence-corrected chi connectivity index (χ4v) is 7.72. The Labute approximate surface area is 147 Å². The normalized spacial score (nSPS) is 48.1. The highest BCUT2D eigenvalue weighted by Gasteiger charge is 2.70. The molecule has 1 aromatic rings. The van der Waals surface area contributed by atoms with Crippen molar-refractivity contribution in [2.75, 3.05) is 4.90 Å². The Bertz CT molecular complexity index is 821. The van der Waals surface area contributed by atoms with Gasteiger partial charge in [0.15, 0.2) is 0 Å². The van der Waals surface area contributed by atoms with Crippen LogP contribution in [0.1, 0.15) is 25.7 Å². The molecule has 0 aromatic heterocycles. The molecular weight excluding hydrogens is 310 g/mol. The van der Waals surface area contributed by atoms with E-state index in [1.807, 2.05) is 30.3 Å². The number of amides is 2. The van der Waals surface area contributed by atoms with Crippen LogP contribution < -0.4 is 4.90 Å². The highest BCUT2D eigenvalue weighted by molar-refractivity contribution is 6.23. The van der Waals surface area contributed by atoms with Crippen molar-refractivity contribution in [1.82, 2.24) is 0 Å². The molecule has 2 amide bonds. The Morgan fingerprint density at radius 2 is 1.28 bits per heavy atom. The summed E-state index contributed by atoms with van der Waals surface area (Å²) in [6.45, 7) is 0. The van der Waals surface area contributed by atoms with E-state index in [9.17, 15) is 9.59 Å². The molecule has 3 heteroatoms. The predicted octanol–water partition coefficient (Wildman–Crippen LogP) is 3.41. The summed E-state index contributed by atoms with van der Waals surface area (Å²) >= 11 is 0. The van der Waals surface area contributed by atoms with Crippen LogP contribution in [-0.2, 0) is 9.59 Å². The van der Waals surface area contributed by atoms with Crippen LogP contribution in [0.4, 0.5) is 5.69 Å². The molecule has 1 saturated heterocycles. The second-order valence-electron chi connectivity index (χ2n) is 9.11. The van der Waals surface area contributed by atoms with Crippen LogP contribution in [0.25, 0.3) is 0 Å². The zero-order valence-electron chi connectivity index (χ0n) is 14.1. The SMILES string of the molecule is O=C1C2C3CC(C4=C3C3CCC4C4CC34)C2C(=O)N1c1ccccc1. The zero-order valence-corrected chi connectivity index (χ0v) is 14.1. The monoisotopic (exact) mass is 331 g/mol. The molecule has 1 heterocycles. The fourth-order valence-electron chi connectivity index (χ4n) is 7.72. The highest BCUT2D eigenvalue weighted by Crippen LogP contribution is 2.73. The van der Waals surface area contributed by atoms with Gasteiger partial charge in [0.25, 0.3) is 0 Å². The number of hydrogen-bond donors (Lipinski definition) is 0. The number of rotatable bonds is 1. The Balaban J connectivity index is 1.34. The molecule has 0 radical (unpaired) electrons. The number of anilines is 1. The van der Waals surface area contributed by atoms with E-state index in [-0.39, 0.29) is 23.7 Å². The minimum absolute atomic E-state index is 0.0620. The van der Waals surface area contributed by atoms with Crippen molar-refractivity contribution in [3.63, 3.8) is 0 Å². The number of para-hydroxylation sites is 1. The van der Waals surface area contributed by atoms with Gasteiger partial charge in [-0.05, 0) is 73.3 Å². The highest BCUT2D eigenvalue weighted by atomic mass is 16.2. The molecule has 6 aliphatic carbocycles. The van der Waals surface area contributed by atoms with Gasteiger partial charge in [-0.2, -0.15) is 0 Å². The summed E-state index contributed by atoms with van der Waals surface area (Å²) in [6.07, 6.45) is 5.19. The molecule has 8 atom stereocenters. The molecule has 4 fully saturated rings. The average molecular weight is 331 g/mol. The minimum atomic E-state index is -0.0620. The van der Waals surface area contributed by atoms with Gasteiger partial charge in [0, 0.05) is 0 Å². The van der Waals surface area contributed by atoms with E-state index in [2.05, 4.69) is 0 Å². The molecule has 8 rings (SSSR count). The van der Waals surface area contributed by atoms with Gasteiger partial charge in [0.05, 0.1) is 17.5 Å². The molecule has 1 aromatic carbocycles. The molecule has 0 N–H and O–H groups in total. The Kier molecular flexibility index (Phi) is 2.18. The number of fused-ring (bicyclic) bond motifs is 6. The van der Waals surface area contributed by atoms with Crippen molar-refractivity contribution in [2.24, 2.45) is 47.3 Å². The van der Waals surface area contributed by atoms with E-state index in [0.29, 0.717) is 11.8 Å². The van der Waals surface area contributed by atoms with Crippen molar-refractivity contribution in [3.8, 4) is 0 Å². The predicted molar refractivity (Wildman–Crippen MR) is 92.3 cm³/mol. The third-order valence-electron chi connectivity index (χ3n) is 8.43. The first-order valence-corrected chi connectivity index (χ1v) is 9.92. The maximum absolute atomic E-state index is 13.2. The number of hydrogen-bond acceptors (Lipinski definition) is 2. The molecule has 1 aliphatic heterocycles. The number of nitrogens with zero attached hydrogens (tertiary/aromatic N) is 1. The largest absolute Gasteiger partial charge is 0.274 e. The van der Waals surface area contributed by atoms with Gasteiger partial charge in [-0.15, -0.1) is 0 Å². The molecule has 25 heavy (non-hydrogen) atoms. The van der Waals surface area contributed by atoms with Crippen LogP contribution in [0.5, 0.6) is 0 Å². The van der Waals surface area contributed by atoms with Crippen LogP contribution in [0.15, 0.2) is 41.5 Å². The second kappa shape index (κ2) is 4.08. The Morgan fingerprint density at radius 1 is 0.720 bits per heavy atom. The summed E-state index contributed by atoms with van der Waals surface area (Å²) in [6, 6.07) is 9.55. The van der Waals surface area contributed by atoms with Gasteiger partial charge < -0.3 is 0 Å². The Morgan fingerprint density at radius 3 is 1.84 bits per heavy atom. The van der Waals surface area contributed by atoms with Gasteiger partial charge in [0.1, 0.15) is 0 Å². The van der Waals surface area contributed by atoms with Crippen molar-refractivity contribution in [2.45, 2.75) is 25.7 Å². The van der Waals surface area contributed by atoms with Crippen LogP contribution >= 0.6 is 0 Å². The number of allylic oxidation sites excluding steroid dienone is 2. The van der Waals surface area contributed by atoms with E-state index < -0.39 is 0 Å². The quantitative estimate of drug-likeness (QED) is 0.584. The van der Waals surface area contributed by atoms with Gasteiger partial charge in [0.2, 0.25) is 11.8 Å². The van der Waals surface area contributed by atoms with E-state index in [0.717, 1.165) is 35.8 Å². The lowest BCUT2D eigenvalue weighted by Gasteiger charge is -2.44. The van der Waals surface area contributed by atoms with Gasteiger partial charge in [-0.3, -0.25) is 14.5 Å². The zero-order chi connectivity index (χ0) is 16.4. The lowest BCUT2D eigenvalue weighted by atomic mass is 9.60. The molecule has 0 spiro atoms. The maximum atomic E-state index is 13.2. The average Bonchev–Trinajstić information content (AvgIpc) is 3.17. The van der Waals surface area contributed by atoms with Crippen LogP contribution in [0.3, 0.4) is 0 Å². The summed E-state index contributed by atoms with van der Waals surface area (Å²) in [4.78, 5) is 28.0. The van der Waals surface area contributed by atoms with Crippen molar-refractivity contribution >= 4 is 17.5 Å². The minimum Gasteiger partial charge on any atom is -0.274 e. The summed E-state index contributed by atoms with van der Waals surface area (Å²) in [7, 11) is 0. The molecule has 4 bridgehead atoms. The second-order valence-corrected chi connectivity index (χ2v) is 9.11. The van der Waals surface area contributed by atoms with Crippen LogP contribution in [0, 0.1) is 47.3 Å². The number of carbonyl (C=O) groups is 2. The first kappa shape index (κ1) is 13.3. The standard InChI is InChI=1S/C22H21NO2/c24-21-19-15-9-16(18-12-7-6-11(17(15)18)13-8-14(12)13)20(19)22(25)23(21)10-4-2-1-3-5-10/h1-5,11-16,19-20H,6-9H2. The first-order valence-electron chi connectivity index (χ1n) is 9.92. The topological polar surface area (TPSA) is 37.4 Å². The van der Waals surface area contributed by atoms with Crippen molar-refractivity contribution in [1.29, 1.82) is 0 Å². The summed E-state index contributed by atoms with van der Waals surface area (Å²) in [5.74, 6) is 4.16. The van der Waals surface area contributed by atoms with Crippen molar-refractivity contribution < 1.29 is 9.59 Å². The molecule has 3 nitrogen and oxygen atoms in total. The molecular formula is C22H21NO2. The lowest BCUT2D eigenvalue weighted by molar-refractivity contribution is -0.123. The van der Waals surface area contributed by atoms with Gasteiger partial charge in [-0.1, -0.05) is 29.3 Å². The third-order valence-corrected chi connectivity index (χ3v) is 8.43. The van der Waals surface area contributed by atoms with E-state index in [1.165, 1.54) is 24.2 Å². The fraction of sp³-hybridized carbons (Fsp3) is 0.545. The number of imide groups is 1. The van der Waals surface area contributed by atoms with Crippen molar-refractivity contribution in [3.05, 3.63) is 41.5 Å². The molecule has 126 valence electrons. The number of carbonyl (C=O) groups excluding carboxylic acids is 2. The van der Waals surface area contributed by atoms with Gasteiger partial charge in [-0.25, -0.2) is 0 Å².